The molecule has 0 bridgehead atoms. The van der Waals surface area contributed by atoms with Crippen LogP contribution in [0.2, 0.25) is 0 Å². The maximum atomic E-state index is 12.2. The van der Waals surface area contributed by atoms with E-state index in [1.807, 2.05) is 33.8 Å². The second kappa shape index (κ2) is 9.39. The maximum absolute atomic E-state index is 12.2. The molecule has 6 heteroatoms. The van der Waals surface area contributed by atoms with Crippen molar-refractivity contribution in [3.63, 3.8) is 0 Å². The molecule has 6 nitrogen and oxygen atoms in total. The van der Waals surface area contributed by atoms with Crippen LogP contribution in [0.25, 0.3) is 0 Å². The standard InChI is InChI=1S/C18H26O6/c1-6-14(23-24-18(2,3)4)12-15(19)22-16(17(20)21-5)13-10-8-7-9-11-13/h7-11,14,16H,6,12H2,1-5H3/t14-,16-/m1/s1. The number of methoxy groups -OCH3 is 1. The second-order valence-corrected chi connectivity index (χ2v) is 6.33. The molecule has 0 unspecified atom stereocenters. The monoisotopic (exact) mass is 338 g/mol. The Bertz CT molecular complexity index is 520. The van der Waals surface area contributed by atoms with Crippen molar-refractivity contribution in [2.45, 2.75) is 58.3 Å². The lowest BCUT2D eigenvalue weighted by molar-refractivity contribution is -0.373. The number of carbonyl (C=O) groups is 2. The minimum absolute atomic E-state index is 0.0209. The van der Waals surface area contributed by atoms with E-state index >= 15 is 0 Å². The molecule has 0 saturated carbocycles. The predicted molar refractivity (Wildman–Crippen MR) is 87.9 cm³/mol. The van der Waals surface area contributed by atoms with E-state index in [0.29, 0.717) is 12.0 Å². The van der Waals surface area contributed by atoms with Crippen molar-refractivity contribution < 1.29 is 28.8 Å². The second-order valence-electron chi connectivity index (χ2n) is 6.33. The van der Waals surface area contributed by atoms with Crippen molar-refractivity contribution in [3.8, 4) is 0 Å². The number of rotatable bonds is 8. The first kappa shape index (κ1) is 20.1. The molecule has 0 N–H and O–H groups in total. The Morgan fingerprint density at radius 3 is 2.25 bits per heavy atom. The quantitative estimate of drug-likeness (QED) is 0.411. The first-order valence-corrected chi connectivity index (χ1v) is 7.93. The zero-order chi connectivity index (χ0) is 18.2. The van der Waals surface area contributed by atoms with Crippen LogP contribution in [0.1, 0.15) is 52.2 Å². The van der Waals surface area contributed by atoms with Gasteiger partial charge in [-0.15, -0.1) is 0 Å². The number of hydrogen-bond acceptors (Lipinski definition) is 6. The minimum atomic E-state index is -1.09. The summed E-state index contributed by atoms with van der Waals surface area (Å²) >= 11 is 0. The highest BCUT2D eigenvalue weighted by Gasteiger charge is 2.27. The van der Waals surface area contributed by atoms with E-state index in [9.17, 15) is 9.59 Å². The first-order chi connectivity index (χ1) is 11.3. The summed E-state index contributed by atoms with van der Waals surface area (Å²) in [5.74, 6) is -1.19. The summed E-state index contributed by atoms with van der Waals surface area (Å²) in [6.07, 6.45) is -0.998. The summed E-state index contributed by atoms with van der Waals surface area (Å²) in [5, 5.41) is 0. The molecule has 2 atom stereocenters. The normalized spacial score (nSPS) is 13.9. The Kier molecular flexibility index (Phi) is 7.88. The highest BCUT2D eigenvalue weighted by atomic mass is 17.2. The summed E-state index contributed by atoms with van der Waals surface area (Å²) < 4.78 is 10.0. The zero-order valence-electron chi connectivity index (χ0n) is 14.9. The summed E-state index contributed by atoms with van der Waals surface area (Å²) in [6, 6.07) is 8.73. The fraction of sp³-hybridized carbons (Fsp3) is 0.556. The topological polar surface area (TPSA) is 71.1 Å². The summed E-state index contributed by atoms with van der Waals surface area (Å²) in [7, 11) is 1.25. The van der Waals surface area contributed by atoms with Crippen LogP contribution in [0, 0.1) is 0 Å². The molecular weight excluding hydrogens is 312 g/mol. The number of carbonyl (C=O) groups excluding carboxylic acids is 2. The third kappa shape index (κ3) is 7.10. The van der Waals surface area contributed by atoms with Gasteiger partial charge in [0.2, 0.25) is 6.10 Å². The van der Waals surface area contributed by atoms with Gasteiger partial charge in [-0.25, -0.2) is 14.6 Å². The largest absolute Gasteiger partial charge is 0.466 e. The van der Waals surface area contributed by atoms with Gasteiger partial charge in [0.25, 0.3) is 0 Å². The van der Waals surface area contributed by atoms with Crippen LogP contribution in [0.5, 0.6) is 0 Å². The van der Waals surface area contributed by atoms with E-state index in [1.165, 1.54) is 7.11 Å². The van der Waals surface area contributed by atoms with Gasteiger partial charge in [-0.2, -0.15) is 0 Å². The Balaban J connectivity index is 2.69. The lowest BCUT2D eigenvalue weighted by Crippen LogP contribution is -2.27. The van der Waals surface area contributed by atoms with E-state index in [1.54, 1.807) is 24.3 Å². The van der Waals surface area contributed by atoms with Crippen molar-refractivity contribution in [2.24, 2.45) is 0 Å². The highest BCUT2D eigenvalue weighted by molar-refractivity contribution is 5.80. The van der Waals surface area contributed by atoms with Crippen LogP contribution < -0.4 is 0 Å². The average Bonchev–Trinajstić information content (AvgIpc) is 2.55. The van der Waals surface area contributed by atoms with Gasteiger partial charge in [0, 0.05) is 5.56 Å². The molecule has 1 rings (SSSR count). The van der Waals surface area contributed by atoms with E-state index in [-0.39, 0.29) is 6.42 Å². The van der Waals surface area contributed by atoms with Gasteiger partial charge in [-0.3, -0.25) is 4.79 Å². The fourth-order valence-electron chi connectivity index (χ4n) is 1.81. The van der Waals surface area contributed by atoms with E-state index in [4.69, 9.17) is 19.2 Å². The molecule has 0 aliphatic carbocycles. The zero-order valence-corrected chi connectivity index (χ0v) is 14.9. The molecule has 0 aromatic heterocycles. The number of ether oxygens (including phenoxy) is 2. The van der Waals surface area contributed by atoms with Crippen LogP contribution in [-0.2, 0) is 28.8 Å². The van der Waals surface area contributed by atoms with Gasteiger partial charge in [0.1, 0.15) is 6.10 Å². The fourth-order valence-corrected chi connectivity index (χ4v) is 1.81. The van der Waals surface area contributed by atoms with Crippen LogP contribution >= 0.6 is 0 Å². The summed E-state index contributed by atoms with van der Waals surface area (Å²) in [5.41, 5.74) is 0.0771. The maximum Gasteiger partial charge on any atom is 0.351 e. The van der Waals surface area contributed by atoms with Crippen molar-refractivity contribution in [1.29, 1.82) is 0 Å². The first-order valence-electron chi connectivity index (χ1n) is 7.93. The van der Waals surface area contributed by atoms with Gasteiger partial charge >= 0.3 is 11.9 Å². The lowest BCUT2D eigenvalue weighted by atomic mass is 10.1. The Hall–Kier alpha value is -1.92. The number of benzene rings is 1. The molecule has 0 amide bonds. The summed E-state index contributed by atoms with van der Waals surface area (Å²) in [4.78, 5) is 34.6. The molecule has 24 heavy (non-hydrogen) atoms. The van der Waals surface area contributed by atoms with Gasteiger partial charge in [0.15, 0.2) is 0 Å². The third-order valence-electron chi connectivity index (χ3n) is 3.05. The van der Waals surface area contributed by atoms with Crippen LogP contribution in [0.3, 0.4) is 0 Å². The van der Waals surface area contributed by atoms with E-state index in [0.717, 1.165) is 0 Å². The van der Waals surface area contributed by atoms with Crippen molar-refractivity contribution >= 4 is 11.9 Å². The van der Waals surface area contributed by atoms with Gasteiger partial charge in [0.05, 0.1) is 19.1 Å². The molecule has 0 saturated heterocycles. The average molecular weight is 338 g/mol. The van der Waals surface area contributed by atoms with Crippen LogP contribution in [0.4, 0.5) is 0 Å². The number of esters is 2. The highest BCUT2D eigenvalue weighted by Crippen LogP contribution is 2.21. The smallest absolute Gasteiger partial charge is 0.351 e. The minimum Gasteiger partial charge on any atom is -0.466 e. The van der Waals surface area contributed by atoms with Crippen molar-refractivity contribution in [3.05, 3.63) is 35.9 Å². The third-order valence-corrected chi connectivity index (χ3v) is 3.05. The van der Waals surface area contributed by atoms with Crippen molar-refractivity contribution in [2.75, 3.05) is 7.11 Å². The molecule has 0 spiro atoms. The molecule has 0 aliphatic rings. The Morgan fingerprint density at radius 1 is 1.12 bits per heavy atom. The van der Waals surface area contributed by atoms with Crippen LogP contribution in [0.15, 0.2) is 30.3 Å². The van der Waals surface area contributed by atoms with Crippen molar-refractivity contribution in [1.82, 2.24) is 0 Å². The SMILES string of the molecule is CC[C@H](CC(=O)O[C@@H](C(=O)OC)c1ccccc1)OOC(C)(C)C. The lowest BCUT2D eigenvalue weighted by Gasteiger charge is -2.23. The molecule has 0 radical (unpaired) electrons. The van der Waals surface area contributed by atoms with Gasteiger partial charge in [-0.05, 0) is 27.2 Å². The van der Waals surface area contributed by atoms with Gasteiger partial charge in [-0.1, -0.05) is 37.3 Å². The summed E-state index contributed by atoms with van der Waals surface area (Å²) in [6.45, 7) is 7.42. The number of hydrogen-bond donors (Lipinski definition) is 0. The molecule has 0 heterocycles. The molecule has 1 aromatic carbocycles. The van der Waals surface area contributed by atoms with Gasteiger partial charge < -0.3 is 9.47 Å². The predicted octanol–water partition coefficient (Wildman–Crippen LogP) is 3.36. The molecule has 0 fully saturated rings. The molecular formula is C18H26O6. The molecule has 0 aliphatic heterocycles. The van der Waals surface area contributed by atoms with E-state index < -0.39 is 29.7 Å². The molecule has 1 aromatic rings. The Labute approximate surface area is 143 Å². The Morgan fingerprint density at radius 2 is 1.75 bits per heavy atom. The van der Waals surface area contributed by atoms with Crippen LogP contribution in [-0.4, -0.2) is 30.8 Å². The van der Waals surface area contributed by atoms with E-state index in [2.05, 4.69) is 0 Å². The molecule has 134 valence electrons.